The Morgan fingerprint density at radius 1 is 0.690 bits per heavy atom. The van der Waals surface area contributed by atoms with Gasteiger partial charge in [-0.25, -0.2) is 13.1 Å². The molecule has 4 nitrogen and oxygen atoms in total. The molecule has 0 bridgehead atoms. The van der Waals surface area contributed by atoms with Gasteiger partial charge < -0.3 is 5.73 Å². The number of rotatable bonds is 11. The lowest BCUT2D eigenvalue weighted by Gasteiger charge is -2.39. The Kier molecular flexibility index (Phi) is 7.94. The van der Waals surface area contributed by atoms with Gasteiger partial charge in [0.25, 0.3) is 0 Å². The molecular formula is C11H13F13N2O2S. The van der Waals surface area contributed by atoms with Gasteiger partial charge in [0.15, 0.2) is 0 Å². The molecule has 0 fully saturated rings. The van der Waals surface area contributed by atoms with Gasteiger partial charge in [-0.1, -0.05) is 0 Å². The highest BCUT2D eigenvalue weighted by Gasteiger charge is 2.90. The van der Waals surface area contributed by atoms with Crippen LogP contribution < -0.4 is 10.5 Å². The topological polar surface area (TPSA) is 72.2 Å². The predicted molar refractivity (Wildman–Crippen MR) is 70.9 cm³/mol. The number of hydrogen-bond donors (Lipinski definition) is 2. The average Bonchev–Trinajstić information content (AvgIpc) is 2.51. The van der Waals surface area contributed by atoms with Crippen molar-refractivity contribution in [1.29, 1.82) is 0 Å². The van der Waals surface area contributed by atoms with Crippen LogP contribution in [0.5, 0.6) is 0 Å². The molecule has 0 heterocycles. The van der Waals surface area contributed by atoms with Gasteiger partial charge in [0.05, 0.1) is 5.75 Å². The molecule has 0 saturated carbocycles. The van der Waals surface area contributed by atoms with Crippen LogP contribution in [0.25, 0.3) is 0 Å². The highest BCUT2D eigenvalue weighted by Crippen LogP contribution is 2.60. The van der Waals surface area contributed by atoms with E-state index in [1.165, 1.54) is 4.72 Å². The Hall–Kier alpha value is -1.04. The summed E-state index contributed by atoms with van der Waals surface area (Å²) in [6, 6.07) is 0. The minimum absolute atomic E-state index is 0.0808. The molecule has 176 valence electrons. The molecule has 0 aromatic heterocycles. The Balaban J connectivity index is 5.82. The second kappa shape index (κ2) is 8.24. The van der Waals surface area contributed by atoms with Gasteiger partial charge in [-0.3, -0.25) is 0 Å². The quantitative estimate of drug-likeness (QED) is 0.349. The van der Waals surface area contributed by atoms with Crippen molar-refractivity contribution in [3.05, 3.63) is 0 Å². The molecule has 29 heavy (non-hydrogen) atoms. The molecule has 0 aromatic carbocycles. The normalized spacial score (nSPS) is 15.7. The first-order valence-corrected chi connectivity index (χ1v) is 8.80. The SMILES string of the molecule is NCCCNS(=O)(=O)CCC(F)(F)C(F)(F)C(F)(F)C(F)(F)C(F)(F)C(F)(F)F. The summed E-state index contributed by atoms with van der Waals surface area (Å²) in [5.41, 5.74) is 4.96. The van der Waals surface area contributed by atoms with Gasteiger partial charge in [-0.15, -0.1) is 0 Å². The van der Waals surface area contributed by atoms with Gasteiger partial charge in [0.2, 0.25) is 10.0 Å². The number of sulfonamides is 1. The van der Waals surface area contributed by atoms with Gasteiger partial charge >= 0.3 is 35.8 Å². The maximum Gasteiger partial charge on any atom is 0.460 e. The van der Waals surface area contributed by atoms with Crippen molar-refractivity contribution in [1.82, 2.24) is 4.72 Å². The highest BCUT2D eigenvalue weighted by molar-refractivity contribution is 7.89. The fourth-order valence-electron chi connectivity index (χ4n) is 1.62. The van der Waals surface area contributed by atoms with E-state index in [4.69, 9.17) is 5.73 Å². The smallest absolute Gasteiger partial charge is 0.330 e. The van der Waals surface area contributed by atoms with E-state index in [-0.39, 0.29) is 13.0 Å². The molecule has 0 aliphatic heterocycles. The van der Waals surface area contributed by atoms with E-state index in [1.807, 2.05) is 0 Å². The first-order chi connectivity index (χ1) is 12.5. The third-order valence-corrected chi connectivity index (χ3v) is 4.77. The van der Waals surface area contributed by atoms with Crippen molar-refractivity contribution in [3.63, 3.8) is 0 Å². The molecule has 0 rings (SSSR count). The Morgan fingerprint density at radius 3 is 1.48 bits per heavy atom. The molecule has 0 radical (unpaired) electrons. The van der Waals surface area contributed by atoms with Crippen molar-refractivity contribution in [2.75, 3.05) is 18.8 Å². The highest BCUT2D eigenvalue weighted by atomic mass is 32.2. The molecular weight excluding hydrogens is 471 g/mol. The largest absolute Gasteiger partial charge is 0.460 e. The van der Waals surface area contributed by atoms with Crippen LogP contribution in [-0.2, 0) is 10.0 Å². The van der Waals surface area contributed by atoms with Crippen LogP contribution in [0.2, 0.25) is 0 Å². The van der Waals surface area contributed by atoms with Crippen LogP contribution >= 0.6 is 0 Å². The predicted octanol–water partition coefficient (Wildman–Crippen LogP) is 3.38. The van der Waals surface area contributed by atoms with Gasteiger partial charge in [0.1, 0.15) is 0 Å². The summed E-state index contributed by atoms with van der Waals surface area (Å²) >= 11 is 0. The molecule has 0 amide bonds. The molecule has 18 heteroatoms. The Morgan fingerprint density at radius 2 is 1.10 bits per heavy atom. The average molecular weight is 484 g/mol. The third-order valence-electron chi connectivity index (χ3n) is 3.39. The fraction of sp³-hybridized carbons (Fsp3) is 1.00. The monoisotopic (exact) mass is 484 g/mol. The van der Waals surface area contributed by atoms with Crippen LogP contribution in [0.15, 0.2) is 0 Å². The first-order valence-electron chi connectivity index (χ1n) is 7.15. The van der Waals surface area contributed by atoms with Crippen molar-refractivity contribution < 1.29 is 65.5 Å². The standard InChI is InChI=1S/C11H13F13N2O2S/c12-6(13,2-5-29(27,28)26-4-1-3-25)7(14,15)8(16,17)9(18,19)10(20,21)11(22,23)24/h26H,1-5,25H2. The van der Waals surface area contributed by atoms with Gasteiger partial charge in [-0.05, 0) is 13.0 Å². The molecule has 0 atom stereocenters. The first kappa shape index (κ1) is 28.0. The summed E-state index contributed by atoms with van der Waals surface area (Å²) in [4.78, 5) is 0. The zero-order chi connectivity index (χ0) is 23.7. The number of nitrogens with two attached hydrogens (primary N) is 1. The summed E-state index contributed by atoms with van der Waals surface area (Å²) in [6.45, 7) is -0.627. The Bertz CT molecular complexity index is 660. The zero-order valence-corrected chi connectivity index (χ0v) is 14.6. The van der Waals surface area contributed by atoms with Crippen LogP contribution in [0.4, 0.5) is 57.1 Å². The summed E-state index contributed by atoms with van der Waals surface area (Å²) in [5.74, 6) is -39.8. The lowest BCUT2D eigenvalue weighted by Crippen LogP contribution is -2.70. The minimum atomic E-state index is -8.01. The fourth-order valence-corrected chi connectivity index (χ4v) is 2.75. The van der Waals surface area contributed by atoms with Crippen molar-refractivity contribution in [3.8, 4) is 0 Å². The summed E-state index contributed by atoms with van der Waals surface area (Å²) in [5, 5.41) is 0. The maximum absolute atomic E-state index is 13.4. The summed E-state index contributed by atoms with van der Waals surface area (Å²) in [7, 11) is -4.86. The second-order valence-corrected chi connectivity index (χ2v) is 7.53. The van der Waals surface area contributed by atoms with Crippen LogP contribution in [0.3, 0.4) is 0 Å². The molecule has 0 spiro atoms. The number of halogens is 13. The van der Waals surface area contributed by atoms with E-state index in [2.05, 4.69) is 0 Å². The van der Waals surface area contributed by atoms with E-state index in [1.54, 1.807) is 0 Å². The van der Waals surface area contributed by atoms with Gasteiger partial charge in [0, 0.05) is 13.0 Å². The zero-order valence-electron chi connectivity index (χ0n) is 13.8. The van der Waals surface area contributed by atoms with E-state index in [0.29, 0.717) is 0 Å². The number of alkyl halides is 13. The van der Waals surface area contributed by atoms with Crippen LogP contribution in [0, 0.1) is 0 Å². The van der Waals surface area contributed by atoms with Crippen molar-refractivity contribution in [2.45, 2.75) is 48.6 Å². The maximum atomic E-state index is 13.4. The summed E-state index contributed by atoms with van der Waals surface area (Å²) < 4.78 is 191. The molecule has 0 unspecified atom stereocenters. The number of nitrogens with one attached hydrogen (secondary N) is 1. The number of hydrogen-bond acceptors (Lipinski definition) is 3. The van der Waals surface area contributed by atoms with Crippen LogP contribution in [0.1, 0.15) is 12.8 Å². The van der Waals surface area contributed by atoms with E-state index >= 15 is 0 Å². The molecule has 0 aromatic rings. The van der Waals surface area contributed by atoms with E-state index in [9.17, 15) is 65.5 Å². The Labute approximate surface area is 154 Å². The summed E-state index contributed by atoms with van der Waals surface area (Å²) in [6.07, 6.45) is -10.4. The van der Waals surface area contributed by atoms with Crippen LogP contribution in [-0.4, -0.2) is 63.0 Å². The van der Waals surface area contributed by atoms with E-state index in [0.717, 1.165) is 0 Å². The van der Waals surface area contributed by atoms with Gasteiger partial charge in [-0.2, -0.15) is 57.1 Å². The second-order valence-electron chi connectivity index (χ2n) is 5.61. The molecule has 0 aliphatic carbocycles. The minimum Gasteiger partial charge on any atom is -0.330 e. The van der Waals surface area contributed by atoms with Crippen molar-refractivity contribution >= 4 is 10.0 Å². The molecule has 0 aliphatic rings. The van der Waals surface area contributed by atoms with Crippen molar-refractivity contribution in [2.24, 2.45) is 5.73 Å². The molecule has 3 N–H and O–H groups in total. The lowest BCUT2D eigenvalue weighted by molar-refractivity contribution is -0.439. The lowest BCUT2D eigenvalue weighted by atomic mass is 9.93. The molecule has 0 saturated heterocycles. The third kappa shape index (κ3) is 5.18. The van der Waals surface area contributed by atoms with E-state index < -0.39 is 64.5 Å².